The van der Waals surface area contributed by atoms with Gasteiger partial charge in [-0.05, 0) is 36.4 Å². The van der Waals surface area contributed by atoms with Gasteiger partial charge in [0.05, 0.1) is 17.9 Å². The molecule has 10 heteroatoms. The van der Waals surface area contributed by atoms with Crippen LogP contribution in [0.2, 0.25) is 0 Å². The second kappa shape index (κ2) is 9.09. The van der Waals surface area contributed by atoms with E-state index in [4.69, 9.17) is 4.42 Å². The number of likely N-dealkylation sites (N-methyl/N-ethyl adjacent to an activating group) is 1. The second-order valence-electron chi connectivity index (χ2n) is 5.71. The smallest absolute Gasteiger partial charge is 0.277 e. The molecule has 0 spiro atoms. The van der Waals surface area contributed by atoms with Gasteiger partial charge in [-0.25, -0.2) is 4.39 Å². The van der Waals surface area contributed by atoms with Gasteiger partial charge in [0.2, 0.25) is 17.7 Å². The molecule has 0 aliphatic heterocycles. The van der Waals surface area contributed by atoms with Crippen LogP contribution < -0.4 is 5.32 Å². The first-order valence-electron chi connectivity index (χ1n) is 8.17. The van der Waals surface area contributed by atoms with Crippen LogP contribution in [0.4, 0.5) is 10.1 Å². The lowest BCUT2D eigenvalue weighted by Gasteiger charge is -2.16. The summed E-state index contributed by atoms with van der Waals surface area (Å²) in [4.78, 5) is 29.5. The maximum Gasteiger partial charge on any atom is 0.277 e. The van der Waals surface area contributed by atoms with Gasteiger partial charge in [-0.3, -0.25) is 14.6 Å². The van der Waals surface area contributed by atoms with Crippen LogP contribution in [0.15, 0.2) is 58.4 Å². The van der Waals surface area contributed by atoms with Crippen LogP contribution in [-0.2, 0) is 9.59 Å². The van der Waals surface area contributed by atoms with Gasteiger partial charge in [-0.1, -0.05) is 11.8 Å². The van der Waals surface area contributed by atoms with Crippen LogP contribution in [-0.4, -0.2) is 51.2 Å². The SMILES string of the molecule is CN(CC(=O)Nc1ccc(F)cc1)C(=O)CSc1nnc(-c2cccnc2)o1. The molecule has 2 heterocycles. The maximum atomic E-state index is 12.9. The van der Waals surface area contributed by atoms with Crippen molar-refractivity contribution in [1.29, 1.82) is 0 Å². The predicted octanol–water partition coefficient (Wildman–Crippen LogP) is 2.46. The first-order chi connectivity index (χ1) is 13.5. The van der Waals surface area contributed by atoms with E-state index in [0.29, 0.717) is 17.1 Å². The fourth-order valence-electron chi connectivity index (χ4n) is 2.15. The summed E-state index contributed by atoms with van der Waals surface area (Å²) in [5.41, 5.74) is 1.14. The standard InChI is InChI=1S/C18H16FN5O3S/c1-24(10-15(25)21-14-6-4-13(19)5-7-14)16(26)11-28-18-23-22-17(27-18)12-3-2-8-20-9-12/h2-9H,10-11H2,1H3,(H,21,25). The molecule has 0 saturated carbocycles. The summed E-state index contributed by atoms with van der Waals surface area (Å²) in [6.07, 6.45) is 3.23. The van der Waals surface area contributed by atoms with Crippen molar-refractivity contribution in [3.8, 4) is 11.5 Å². The van der Waals surface area contributed by atoms with E-state index in [9.17, 15) is 14.0 Å². The highest BCUT2D eigenvalue weighted by molar-refractivity contribution is 7.99. The lowest BCUT2D eigenvalue weighted by molar-refractivity contribution is -0.131. The molecule has 0 aliphatic rings. The Labute approximate surface area is 164 Å². The third kappa shape index (κ3) is 5.36. The molecule has 0 bridgehead atoms. The lowest BCUT2D eigenvalue weighted by atomic mass is 10.3. The number of nitrogens with one attached hydrogen (secondary N) is 1. The number of anilines is 1. The minimum absolute atomic E-state index is 0.0367. The summed E-state index contributed by atoms with van der Waals surface area (Å²) in [6, 6.07) is 8.91. The molecule has 3 aromatic rings. The molecule has 0 fully saturated rings. The Kier molecular flexibility index (Phi) is 6.33. The van der Waals surface area contributed by atoms with Gasteiger partial charge < -0.3 is 14.6 Å². The van der Waals surface area contributed by atoms with Gasteiger partial charge in [0.1, 0.15) is 5.82 Å². The van der Waals surface area contributed by atoms with Gasteiger partial charge in [0, 0.05) is 25.1 Å². The number of halogens is 1. The zero-order valence-corrected chi connectivity index (χ0v) is 15.6. The Morgan fingerprint density at radius 1 is 1.21 bits per heavy atom. The summed E-state index contributed by atoms with van der Waals surface area (Å²) in [6.45, 7) is -0.137. The summed E-state index contributed by atoms with van der Waals surface area (Å²) in [5.74, 6) is -0.704. The molecule has 1 N–H and O–H groups in total. The number of hydrogen-bond acceptors (Lipinski definition) is 7. The van der Waals surface area contributed by atoms with Crippen molar-refractivity contribution in [3.05, 3.63) is 54.6 Å². The van der Waals surface area contributed by atoms with Crippen molar-refractivity contribution in [2.75, 3.05) is 24.7 Å². The van der Waals surface area contributed by atoms with Crippen molar-refractivity contribution >= 4 is 29.3 Å². The normalized spacial score (nSPS) is 10.5. The Morgan fingerprint density at radius 2 is 2.00 bits per heavy atom. The molecule has 0 radical (unpaired) electrons. The molecule has 0 unspecified atom stereocenters. The Balaban J connectivity index is 1.47. The molecule has 0 saturated heterocycles. The third-order valence-corrected chi connectivity index (χ3v) is 4.37. The van der Waals surface area contributed by atoms with Crippen molar-refractivity contribution in [2.24, 2.45) is 0 Å². The molecule has 0 atom stereocenters. The summed E-state index contributed by atoms with van der Waals surface area (Å²) >= 11 is 1.08. The highest BCUT2D eigenvalue weighted by atomic mass is 32.2. The van der Waals surface area contributed by atoms with Gasteiger partial charge in [-0.15, -0.1) is 10.2 Å². The van der Waals surface area contributed by atoms with Crippen LogP contribution >= 0.6 is 11.8 Å². The van der Waals surface area contributed by atoms with Crippen molar-refractivity contribution in [2.45, 2.75) is 5.22 Å². The van der Waals surface area contributed by atoms with Gasteiger partial charge in [0.25, 0.3) is 5.22 Å². The third-order valence-electron chi connectivity index (χ3n) is 3.57. The van der Waals surface area contributed by atoms with Crippen LogP contribution in [0, 0.1) is 5.82 Å². The van der Waals surface area contributed by atoms with Crippen LogP contribution in [0.1, 0.15) is 0 Å². The molecule has 144 valence electrons. The molecule has 1 aromatic carbocycles. The van der Waals surface area contributed by atoms with Crippen LogP contribution in [0.3, 0.4) is 0 Å². The monoisotopic (exact) mass is 401 g/mol. The zero-order chi connectivity index (χ0) is 19.9. The number of amides is 2. The van der Waals surface area contributed by atoms with Crippen molar-refractivity contribution < 1.29 is 18.4 Å². The Bertz CT molecular complexity index is 949. The number of rotatable bonds is 7. The fraction of sp³-hybridized carbons (Fsp3) is 0.167. The minimum Gasteiger partial charge on any atom is -0.411 e. The van der Waals surface area contributed by atoms with E-state index in [0.717, 1.165) is 11.8 Å². The number of carbonyl (C=O) groups excluding carboxylic acids is 2. The van der Waals surface area contributed by atoms with Gasteiger partial charge in [-0.2, -0.15) is 0 Å². The van der Waals surface area contributed by atoms with Crippen LogP contribution in [0.25, 0.3) is 11.5 Å². The molecule has 0 aliphatic carbocycles. The largest absolute Gasteiger partial charge is 0.411 e. The van der Waals surface area contributed by atoms with Gasteiger partial charge in [0.15, 0.2) is 0 Å². The predicted molar refractivity (Wildman–Crippen MR) is 101 cm³/mol. The number of thioether (sulfide) groups is 1. The van der Waals surface area contributed by atoms with E-state index in [1.165, 1.54) is 36.2 Å². The average molecular weight is 401 g/mol. The minimum atomic E-state index is -0.393. The van der Waals surface area contributed by atoms with E-state index in [-0.39, 0.29) is 29.3 Å². The van der Waals surface area contributed by atoms with E-state index in [2.05, 4.69) is 20.5 Å². The first-order valence-corrected chi connectivity index (χ1v) is 9.16. The fourth-order valence-corrected chi connectivity index (χ4v) is 2.85. The Morgan fingerprint density at radius 3 is 2.71 bits per heavy atom. The number of benzene rings is 1. The summed E-state index contributed by atoms with van der Waals surface area (Å²) < 4.78 is 18.4. The number of aromatic nitrogens is 3. The number of pyridine rings is 1. The van der Waals surface area contributed by atoms with E-state index in [1.807, 2.05) is 0 Å². The number of carbonyl (C=O) groups is 2. The number of hydrogen-bond donors (Lipinski definition) is 1. The van der Waals surface area contributed by atoms with E-state index >= 15 is 0 Å². The second-order valence-corrected chi connectivity index (χ2v) is 6.63. The first kappa shape index (κ1) is 19.5. The lowest BCUT2D eigenvalue weighted by Crippen LogP contribution is -2.35. The molecule has 28 heavy (non-hydrogen) atoms. The molecule has 8 nitrogen and oxygen atoms in total. The Hall–Kier alpha value is -3.27. The highest BCUT2D eigenvalue weighted by Gasteiger charge is 2.16. The average Bonchev–Trinajstić information content (AvgIpc) is 3.17. The number of nitrogens with zero attached hydrogens (tertiary/aromatic N) is 4. The molecule has 2 aromatic heterocycles. The van der Waals surface area contributed by atoms with E-state index in [1.54, 1.807) is 24.5 Å². The van der Waals surface area contributed by atoms with Gasteiger partial charge >= 0.3 is 0 Å². The van der Waals surface area contributed by atoms with Crippen LogP contribution in [0.5, 0.6) is 0 Å². The van der Waals surface area contributed by atoms with Crippen molar-refractivity contribution in [1.82, 2.24) is 20.1 Å². The molecule has 3 rings (SSSR count). The van der Waals surface area contributed by atoms with Crippen molar-refractivity contribution in [3.63, 3.8) is 0 Å². The van der Waals surface area contributed by atoms with E-state index < -0.39 is 5.82 Å². The summed E-state index contributed by atoms with van der Waals surface area (Å²) in [7, 11) is 1.52. The molecular weight excluding hydrogens is 385 g/mol. The quantitative estimate of drug-likeness (QED) is 0.607. The maximum absolute atomic E-state index is 12.9. The molecule has 2 amide bonds. The molecular formula is C18H16FN5O3S. The topological polar surface area (TPSA) is 101 Å². The summed E-state index contributed by atoms with van der Waals surface area (Å²) in [5, 5.41) is 10.6. The highest BCUT2D eigenvalue weighted by Crippen LogP contribution is 2.22. The zero-order valence-electron chi connectivity index (χ0n) is 14.8.